The molecule has 3 aromatic carbocycles. The van der Waals surface area contributed by atoms with Gasteiger partial charge >= 0.3 is 5.97 Å². The van der Waals surface area contributed by atoms with Crippen molar-refractivity contribution in [2.45, 2.75) is 13.0 Å². The Morgan fingerprint density at radius 2 is 1.66 bits per heavy atom. The largest absolute Gasteiger partial charge is 0.465 e. The lowest BCUT2D eigenvalue weighted by atomic mass is 9.89. The lowest BCUT2D eigenvalue weighted by Crippen LogP contribution is -2.51. The minimum absolute atomic E-state index is 0.138. The summed E-state index contributed by atoms with van der Waals surface area (Å²) in [6.45, 7) is 1.59. The third kappa shape index (κ3) is 4.14. The van der Waals surface area contributed by atoms with E-state index in [0.29, 0.717) is 17.0 Å². The molecule has 0 bridgehead atoms. The highest BCUT2D eigenvalue weighted by atomic mass is 79.9. The van der Waals surface area contributed by atoms with Crippen LogP contribution in [0.15, 0.2) is 83.3 Å². The summed E-state index contributed by atoms with van der Waals surface area (Å²) in [5.41, 5.74) is 2.67. The van der Waals surface area contributed by atoms with Crippen molar-refractivity contribution in [3.8, 4) is 0 Å². The predicted octanol–water partition coefficient (Wildman–Crippen LogP) is 4.80. The van der Waals surface area contributed by atoms with E-state index in [1.54, 1.807) is 31.2 Å². The first-order valence-electron chi connectivity index (χ1n) is 11.3. The quantitative estimate of drug-likeness (QED) is 0.203. The molecule has 8 heteroatoms. The number of para-hydroxylation sites is 2. The molecule has 1 aliphatic heterocycles. The van der Waals surface area contributed by atoms with Crippen LogP contribution >= 0.6 is 15.9 Å². The molecule has 4 aromatic rings. The molecule has 176 valence electrons. The number of imidazole rings is 1. The van der Waals surface area contributed by atoms with Gasteiger partial charge in [0, 0.05) is 10.0 Å². The van der Waals surface area contributed by atoms with E-state index in [4.69, 9.17) is 9.72 Å². The zero-order valence-corrected chi connectivity index (χ0v) is 20.5. The molecule has 0 saturated heterocycles. The summed E-state index contributed by atoms with van der Waals surface area (Å²) in [5.74, 6) is -2.23. The number of anilines is 1. The molecule has 1 amide bonds. The molecule has 0 radical (unpaired) electrons. The van der Waals surface area contributed by atoms with E-state index in [2.05, 4.69) is 15.9 Å². The van der Waals surface area contributed by atoms with Crippen molar-refractivity contribution in [2.24, 2.45) is 5.92 Å². The van der Waals surface area contributed by atoms with Gasteiger partial charge < -0.3 is 9.30 Å². The number of hydrogen-bond donors (Lipinski definition) is 0. The Balaban J connectivity index is 1.68. The normalized spacial score (nSPS) is 17.3. The second kappa shape index (κ2) is 9.46. The third-order valence-electron chi connectivity index (χ3n) is 6.09. The number of ketones is 1. The molecule has 35 heavy (non-hydrogen) atoms. The number of esters is 1. The van der Waals surface area contributed by atoms with Crippen LogP contribution in [0.4, 0.5) is 5.95 Å². The van der Waals surface area contributed by atoms with Gasteiger partial charge in [-0.2, -0.15) is 0 Å². The molecule has 1 aliphatic rings. The fourth-order valence-electron chi connectivity index (χ4n) is 4.52. The molecule has 0 spiro atoms. The van der Waals surface area contributed by atoms with Crippen molar-refractivity contribution in [2.75, 3.05) is 18.1 Å². The van der Waals surface area contributed by atoms with Gasteiger partial charge in [0.05, 0.1) is 30.2 Å². The summed E-state index contributed by atoms with van der Waals surface area (Å²) < 4.78 is 8.07. The number of nitrogens with zero attached hydrogens (tertiary/aromatic N) is 3. The molecule has 2 atom stereocenters. The lowest BCUT2D eigenvalue weighted by Gasteiger charge is -2.37. The number of fused-ring (bicyclic) bond motifs is 3. The molecule has 0 fully saturated rings. The first-order valence-corrected chi connectivity index (χ1v) is 12.1. The fourth-order valence-corrected chi connectivity index (χ4v) is 4.78. The highest BCUT2D eigenvalue weighted by molar-refractivity contribution is 9.10. The van der Waals surface area contributed by atoms with E-state index in [0.717, 1.165) is 15.6 Å². The smallest absolute Gasteiger partial charge is 0.321 e. The monoisotopic (exact) mass is 531 g/mol. The summed E-state index contributed by atoms with van der Waals surface area (Å²) in [6, 6.07) is 23.1. The highest BCUT2D eigenvalue weighted by Crippen LogP contribution is 2.41. The molecular weight excluding hydrogens is 510 g/mol. The number of amides is 1. The van der Waals surface area contributed by atoms with Crippen LogP contribution in [-0.2, 0) is 14.3 Å². The number of aromatic nitrogens is 2. The third-order valence-corrected chi connectivity index (χ3v) is 6.62. The minimum Gasteiger partial charge on any atom is -0.465 e. The molecule has 2 heterocycles. The average Bonchev–Trinajstić information content (AvgIpc) is 3.25. The van der Waals surface area contributed by atoms with Crippen molar-refractivity contribution in [3.05, 3.63) is 94.5 Å². The highest BCUT2D eigenvalue weighted by Gasteiger charge is 2.48. The van der Waals surface area contributed by atoms with Gasteiger partial charge in [0.25, 0.3) is 0 Å². The van der Waals surface area contributed by atoms with Crippen molar-refractivity contribution in [3.63, 3.8) is 0 Å². The maximum Gasteiger partial charge on any atom is 0.321 e. The Labute approximate surface area is 210 Å². The number of carbonyl (C=O) groups excluding carboxylic acids is 3. The maximum atomic E-state index is 13.9. The topological polar surface area (TPSA) is 81.5 Å². The van der Waals surface area contributed by atoms with Crippen molar-refractivity contribution >= 4 is 50.6 Å². The Kier molecular flexibility index (Phi) is 6.21. The van der Waals surface area contributed by atoms with Gasteiger partial charge in [0.15, 0.2) is 11.7 Å². The zero-order valence-electron chi connectivity index (χ0n) is 18.9. The van der Waals surface area contributed by atoms with E-state index in [1.165, 1.54) is 4.90 Å². The molecule has 7 nitrogen and oxygen atoms in total. The van der Waals surface area contributed by atoms with Gasteiger partial charge in [-0.05, 0) is 36.8 Å². The fraction of sp³-hybridized carbons (Fsp3) is 0.185. The molecule has 0 N–H and O–H groups in total. The van der Waals surface area contributed by atoms with E-state index >= 15 is 0 Å². The van der Waals surface area contributed by atoms with Crippen molar-refractivity contribution in [1.82, 2.24) is 9.55 Å². The Hall–Kier alpha value is -3.78. The number of benzene rings is 3. The van der Waals surface area contributed by atoms with Crippen LogP contribution < -0.4 is 4.90 Å². The van der Waals surface area contributed by atoms with Crippen LogP contribution in [0, 0.1) is 5.92 Å². The minimum atomic E-state index is -1.17. The number of halogens is 1. The molecule has 1 aromatic heterocycles. The number of Topliss-reactive ketones (excluding diaryl/α,β-unsaturated/α-hetero) is 1. The first-order chi connectivity index (χ1) is 17.0. The molecule has 0 saturated carbocycles. The van der Waals surface area contributed by atoms with Crippen LogP contribution in [0.5, 0.6) is 0 Å². The van der Waals surface area contributed by atoms with Gasteiger partial charge in [-0.3, -0.25) is 19.3 Å². The van der Waals surface area contributed by atoms with Gasteiger partial charge in [0.2, 0.25) is 11.9 Å². The predicted molar refractivity (Wildman–Crippen MR) is 135 cm³/mol. The summed E-state index contributed by atoms with van der Waals surface area (Å²) in [7, 11) is 0. The summed E-state index contributed by atoms with van der Waals surface area (Å²) in [6.07, 6.45) is 0. The second-order valence-electron chi connectivity index (χ2n) is 8.21. The summed E-state index contributed by atoms with van der Waals surface area (Å²) in [5, 5.41) is 0. The Bertz CT molecular complexity index is 1420. The van der Waals surface area contributed by atoms with Crippen LogP contribution in [-0.4, -0.2) is 40.4 Å². The standard InChI is InChI=1S/C27H22BrN3O4/c1-2-35-26(34)23-24(18-8-4-3-5-9-18)31-21-11-7-6-10-20(21)29-27(31)30(25(23)33)16-22(32)17-12-14-19(28)15-13-17/h3-15,23-24H,2,16H2,1H3/t23-,24+/m1/s1. The van der Waals surface area contributed by atoms with Crippen molar-refractivity contribution < 1.29 is 19.1 Å². The van der Waals surface area contributed by atoms with E-state index in [9.17, 15) is 14.4 Å². The van der Waals surface area contributed by atoms with Crippen LogP contribution in [0.25, 0.3) is 11.0 Å². The molecule has 5 rings (SSSR count). The number of ether oxygens (including phenoxy) is 1. The summed E-state index contributed by atoms with van der Waals surface area (Å²) in [4.78, 5) is 46.3. The lowest BCUT2D eigenvalue weighted by molar-refractivity contribution is -0.153. The number of carbonyl (C=O) groups is 3. The van der Waals surface area contributed by atoms with Crippen LogP contribution in [0.1, 0.15) is 28.9 Å². The Morgan fingerprint density at radius 3 is 2.37 bits per heavy atom. The van der Waals surface area contributed by atoms with E-state index in [-0.39, 0.29) is 18.9 Å². The average molecular weight is 532 g/mol. The molecule has 0 aliphatic carbocycles. The number of hydrogen-bond acceptors (Lipinski definition) is 5. The molecular formula is C27H22BrN3O4. The first kappa shape index (κ1) is 23.0. The SMILES string of the molecule is CCOC(=O)[C@H]1C(=O)N(CC(=O)c2ccc(Br)cc2)c2nc3ccccc3n2[C@H]1c1ccccc1. The van der Waals surface area contributed by atoms with Crippen LogP contribution in [0.2, 0.25) is 0 Å². The number of rotatable bonds is 6. The van der Waals surface area contributed by atoms with E-state index in [1.807, 2.05) is 59.2 Å². The van der Waals surface area contributed by atoms with Gasteiger partial charge in [0.1, 0.15) is 0 Å². The van der Waals surface area contributed by atoms with Crippen LogP contribution in [0.3, 0.4) is 0 Å². The second-order valence-corrected chi connectivity index (χ2v) is 9.13. The van der Waals surface area contributed by atoms with Gasteiger partial charge in [-0.1, -0.05) is 70.5 Å². The maximum absolute atomic E-state index is 13.9. The van der Waals surface area contributed by atoms with E-state index < -0.39 is 23.8 Å². The Morgan fingerprint density at radius 1 is 0.971 bits per heavy atom. The van der Waals surface area contributed by atoms with Gasteiger partial charge in [-0.25, -0.2) is 4.98 Å². The van der Waals surface area contributed by atoms with Crippen molar-refractivity contribution in [1.29, 1.82) is 0 Å². The van der Waals surface area contributed by atoms with Gasteiger partial charge in [-0.15, -0.1) is 0 Å². The summed E-state index contributed by atoms with van der Waals surface area (Å²) >= 11 is 3.37. The zero-order chi connectivity index (χ0) is 24.5. The molecule has 0 unspecified atom stereocenters.